The Morgan fingerprint density at radius 3 is 2.67 bits per heavy atom. The largest absolute Gasteiger partial charge is 0.338 e. The molecule has 2 bridgehead atoms. The predicted octanol–water partition coefficient (Wildman–Crippen LogP) is 3.24. The summed E-state index contributed by atoms with van der Waals surface area (Å²) in [5.74, 6) is 2.52. The van der Waals surface area contributed by atoms with Gasteiger partial charge in [-0.05, 0) is 49.1 Å². The van der Waals surface area contributed by atoms with Crippen molar-refractivity contribution in [3.8, 4) is 0 Å². The molecular weight excluding hydrogens is 224 g/mol. The van der Waals surface area contributed by atoms with Crippen LogP contribution < -0.4 is 10.6 Å². The van der Waals surface area contributed by atoms with E-state index in [2.05, 4.69) is 10.6 Å². The molecule has 2 aliphatic rings. The highest BCUT2D eigenvalue weighted by Crippen LogP contribution is 2.47. The molecule has 2 aliphatic carbocycles. The molecule has 2 amide bonds. The topological polar surface area (TPSA) is 41.1 Å². The quantitative estimate of drug-likeness (QED) is 0.842. The van der Waals surface area contributed by atoms with Crippen LogP contribution >= 0.6 is 0 Å². The molecule has 0 spiro atoms. The maximum absolute atomic E-state index is 11.8. The first-order chi connectivity index (χ1) is 8.81. The van der Waals surface area contributed by atoms with Crippen LogP contribution in [0.4, 0.5) is 10.5 Å². The van der Waals surface area contributed by atoms with Crippen LogP contribution in [0.2, 0.25) is 0 Å². The average molecular weight is 244 g/mol. The summed E-state index contributed by atoms with van der Waals surface area (Å²) in [6.45, 7) is 0.833. The highest BCUT2D eigenvalue weighted by atomic mass is 16.2. The summed E-state index contributed by atoms with van der Waals surface area (Å²) in [4.78, 5) is 11.8. The van der Waals surface area contributed by atoms with Crippen molar-refractivity contribution in [2.24, 2.45) is 17.8 Å². The van der Waals surface area contributed by atoms with Crippen molar-refractivity contribution < 1.29 is 4.79 Å². The number of benzene rings is 1. The van der Waals surface area contributed by atoms with E-state index in [1.165, 1.54) is 25.7 Å². The third-order valence-electron chi connectivity index (χ3n) is 4.44. The molecule has 2 fully saturated rings. The number of anilines is 1. The molecule has 96 valence electrons. The van der Waals surface area contributed by atoms with E-state index in [-0.39, 0.29) is 6.03 Å². The average Bonchev–Trinajstić information content (AvgIpc) is 3.00. The van der Waals surface area contributed by atoms with Gasteiger partial charge in [-0.3, -0.25) is 0 Å². The van der Waals surface area contributed by atoms with Crippen LogP contribution in [0.3, 0.4) is 0 Å². The lowest BCUT2D eigenvalue weighted by Crippen LogP contribution is -2.34. The molecule has 0 heterocycles. The third-order valence-corrected chi connectivity index (χ3v) is 4.44. The second-order valence-corrected chi connectivity index (χ2v) is 5.64. The van der Waals surface area contributed by atoms with Gasteiger partial charge in [-0.25, -0.2) is 4.79 Å². The van der Waals surface area contributed by atoms with Crippen LogP contribution in [-0.2, 0) is 0 Å². The number of amides is 2. The molecule has 2 saturated carbocycles. The minimum absolute atomic E-state index is 0.0797. The Kier molecular flexibility index (Phi) is 3.22. The van der Waals surface area contributed by atoms with Crippen molar-refractivity contribution in [2.75, 3.05) is 11.9 Å². The first-order valence-corrected chi connectivity index (χ1v) is 6.91. The lowest BCUT2D eigenvalue weighted by Gasteiger charge is -2.21. The summed E-state index contributed by atoms with van der Waals surface area (Å²) in [7, 11) is 0. The third kappa shape index (κ3) is 2.50. The zero-order valence-electron chi connectivity index (χ0n) is 10.6. The normalized spacial score (nSPS) is 29.2. The van der Waals surface area contributed by atoms with Gasteiger partial charge in [-0.15, -0.1) is 0 Å². The number of hydrogen-bond acceptors (Lipinski definition) is 1. The van der Waals surface area contributed by atoms with Gasteiger partial charge in [-0.1, -0.05) is 24.6 Å². The zero-order valence-corrected chi connectivity index (χ0v) is 10.6. The second kappa shape index (κ2) is 5.01. The number of hydrogen-bond donors (Lipinski definition) is 2. The highest BCUT2D eigenvalue weighted by Gasteiger charge is 2.39. The molecule has 0 radical (unpaired) electrons. The number of carbonyl (C=O) groups excluding carboxylic acids is 1. The minimum Gasteiger partial charge on any atom is -0.338 e. The maximum atomic E-state index is 11.8. The van der Waals surface area contributed by atoms with Crippen molar-refractivity contribution in [1.29, 1.82) is 0 Å². The van der Waals surface area contributed by atoms with Crippen molar-refractivity contribution in [3.63, 3.8) is 0 Å². The molecule has 3 nitrogen and oxygen atoms in total. The monoisotopic (exact) mass is 244 g/mol. The second-order valence-electron chi connectivity index (χ2n) is 5.64. The van der Waals surface area contributed by atoms with Gasteiger partial charge in [-0.2, -0.15) is 0 Å². The maximum Gasteiger partial charge on any atom is 0.319 e. The standard InChI is InChI=1S/C15H20N2O/c18-15(17-14-4-2-1-3-5-14)16-10-13-9-11-6-7-12(13)8-11/h1-5,11-13H,6-10H2,(H2,16,17,18)/t11-,12-,13+/m1/s1. The SMILES string of the molecule is O=C(NC[C@@H]1C[C@@H]2CC[C@@H]1C2)Nc1ccccc1. The molecule has 3 rings (SSSR count). The molecular formula is C15H20N2O. The van der Waals surface area contributed by atoms with Crippen LogP contribution in [0.25, 0.3) is 0 Å². The van der Waals surface area contributed by atoms with Gasteiger partial charge in [0.15, 0.2) is 0 Å². The minimum atomic E-state index is -0.0797. The molecule has 3 atom stereocenters. The molecule has 2 N–H and O–H groups in total. The number of para-hydroxylation sites is 1. The molecule has 1 aromatic rings. The van der Waals surface area contributed by atoms with Crippen molar-refractivity contribution in [3.05, 3.63) is 30.3 Å². The smallest absolute Gasteiger partial charge is 0.319 e. The van der Waals surface area contributed by atoms with Gasteiger partial charge >= 0.3 is 6.03 Å². The van der Waals surface area contributed by atoms with Gasteiger partial charge in [0.2, 0.25) is 0 Å². The lowest BCUT2D eigenvalue weighted by molar-refractivity contribution is 0.245. The fourth-order valence-corrected chi connectivity index (χ4v) is 3.55. The fraction of sp³-hybridized carbons (Fsp3) is 0.533. The summed E-state index contributed by atoms with van der Waals surface area (Å²) >= 11 is 0. The summed E-state index contributed by atoms with van der Waals surface area (Å²) < 4.78 is 0. The van der Waals surface area contributed by atoms with Gasteiger partial charge in [0.1, 0.15) is 0 Å². The molecule has 3 heteroatoms. The summed E-state index contributed by atoms with van der Waals surface area (Å²) in [6, 6.07) is 9.51. The Bertz CT molecular complexity index is 418. The van der Waals surface area contributed by atoms with Crippen molar-refractivity contribution in [1.82, 2.24) is 5.32 Å². The number of rotatable bonds is 3. The summed E-state index contributed by atoms with van der Waals surface area (Å²) in [6.07, 6.45) is 5.50. The molecule has 0 aromatic heterocycles. The van der Waals surface area contributed by atoms with Crippen molar-refractivity contribution >= 4 is 11.7 Å². The van der Waals surface area contributed by atoms with E-state index < -0.39 is 0 Å². The summed E-state index contributed by atoms with van der Waals surface area (Å²) in [5.41, 5.74) is 0.850. The first kappa shape index (κ1) is 11.6. The molecule has 0 aliphatic heterocycles. The number of urea groups is 1. The van der Waals surface area contributed by atoms with E-state index >= 15 is 0 Å². The van der Waals surface area contributed by atoms with Gasteiger partial charge in [0.05, 0.1) is 0 Å². The molecule has 0 unspecified atom stereocenters. The first-order valence-electron chi connectivity index (χ1n) is 6.91. The van der Waals surface area contributed by atoms with E-state index in [1.54, 1.807) is 0 Å². The number of nitrogens with one attached hydrogen (secondary N) is 2. The highest BCUT2D eigenvalue weighted by molar-refractivity contribution is 5.89. The summed E-state index contributed by atoms with van der Waals surface area (Å²) in [5, 5.41) is 5.87. The fourth-order valence-electron chi connectivity index (χ4n) is 3.55. The van der Waals surface area contributed by atoms with Gasteiger partial charge in [0.25, 0.3) is 0 Å². The molecule has 0 saturated heterocycles. The lowest BCUT2D eigenvalue weighted by atomic mass is 9.89. The number of carbonyl (C=O) groups is 1. The Morgan fingerprint density at radius 1 is 1.17 bits per heavy atom. The Morgan fingerprint density at radius 2 is 2.00 bits per heavy atom. The Balaban J connectivity index is 1.45. The van der Waals surface area contributed by atoms with E-state index in [4.69, 9.17) is 0 Å². The molecule has 18 heavy (non-hydrogen) atoms. The van der Waals surface area contributed by atoms with E-state index in [0.29, 0.717) is 5.92 Å². The van der Waals surface area contributed by atoms with Crippen LogP contribution in [0.5, 0.6) is 0 Å². The van der Waals surface area contributed by atoms with Crippen LogP contribution in [0.15, 0.2) is 30.3 Å². The van der Waals surface area contributed by atoms with Gasteiger partial charge < -0.3 is 10.6 Å². The predicted molar refractivity (Wildman–Crippen MR) is 72.4 cm³/mol. The van der Waals surface area contributed by atoms with Crippen molar-refractivity contribution in [2.45, 2.75) is 25.7 Å². The van der Waals surface area contributed by atoms with Crippen LogP contribution in [0.1, 0.15) is 25.7 Å². The Labute approximate surface area is 108 Å². The zero-order chi connectivity index (χ0) is 12.4. The van der Waals surface area contributed by atoms with Gasteiger partial charge in [0, 0.05) is 12.2 Å². The Hall–Kier alpha value is -1.51. The van der Waals surface area contributed by atoms with Crippen LogP contribution in [0, 0.1) is 17.8 Å². The van der Waals surface area contributed by atoms with E-state index in [1.807, 2.05) is 30.3 Å². The van der Waals surface area contributed by atoms with E-state index in [9.17, 15) is 4.79 Å². The van der Waals surface area contributed by atoms with Crippen LogP contribution in [-0.4, -0.2) is 12.6 Å². The number of fused-ring (bicyclic) bond motifs is 2. The van der Waals surface area contributed by atoms with E-state index in [0.717, 1.165) is 24.1 Å². The molecule has 1 aromatic carbocycles.